The summed E-state index contributed by atoms with van der Waals surface area (Å²) in [5, 5.41) is 0. The van der Waals surface area contributed by atoms with E-state index < -0.39 is 16.2 Å². The molecule has 25 heavy (non-hydrogen) atoms. The summed E-state index contributed by atoms with van der Waals surface area (Å²) < 4.78 is 35.0. The van der Waals surface area contributed by atoms with E-state index in [9.17, 15) is 8.42 Å². The van der Waals surface area contributed by atoms with E-state index in [1.54, 1.807) is 0 Å². The van der Waals surface area contributed by atoms with Gasteiger partial charge >= 0.3 is 0 Å². The van der Waals surface area contributed by atoms with Crippen LogP contribution in [0.1, 0.15) is 23.7 Å². The van der Waals surface area contributed by atoms with E-state index in [1.165, 1.54) is 0 Å². The van der Waals surface area contributed by atoms with Gasteiger partial charge in [0.15, 0.2) is 0 Å². The highest BCUT2D eigenvalue weighted by atomic mass is 79.9. The van der Waals surface area contributed by atoms with E-state index in [-0.39, 0.29) is 12.7 Å². The molecule has 2 aromatic rings. The Kier molecular flexibility index (Phi) is 5.74. The summed E-state index contributed by atoms with van der Waals surface area (Å²) in [4.78, 5) is 0. The topological polar surface area (TPSA) is 52.6 Å². The first kappa shape index (κ1) is 18.3. The number of hydrogen-bond donors (Lipinski definition) is 0. The first-order valence-electron chi connectivity index (χ1n) is 7.91. The third-order valence-electron chi connectivity index (χ3n) is 3.88. The minimum atomic E-state index is -3.52. The van der Waals surface area contributed by atoms with Crippen LogP contribution in [0.15, 0.2) is 64.6 Å². The molecule has 1 fully saturated rings. The predicted octanol–water partition coefficient (Wildman–Crippen LogP) is 4.34. The fourth-order valence-electron chi connectivity index (χ4n) is 2.89. The molecule has 0 radical (unpaired) electrons. The highest BCUT2D eigenvalue weighted by Crippen LogP contribution is 2.35. The number of hydrogen-bond acceptors (Lipinski definition) is 4. The average molecular weight is 423 g/mol. The monoisotopic (exact) mass is 422 g/mol. The molecule has 0 bridgehead atoms. The van der Waals surface area contributed by atoms with Crippen molar-refractivity contribution < 1.29 is 17.3 Å². The fourth-order valence-corrected chi connectivity index (χ4v) is 3.78. The highest BCUT2D eigenvalue weighted by Gasteiger charge is 2.30. The Hall–Kier alpha value is -1.47. The Balaban J connectivity index is 1.91. The van der Waals surface area contributed by atoms with Crippen molar-refractivity contribution in [1.29, 1.82) is 0 Å². The maximum Gasteiger partial charge on any atom is 0.264 e. The Morgan fingerprint density at radius 3 is 2.44 bits per heavy atom. The van der Waals surface area contributed by atoms with Gasteiger partial charge in [-0.15, -0.1) is 0 Å². The smallest absolute Gasteiger partial charge is 0.264 e. The van der Waals surface area contributed by atoms with E-state index in [4.69, 9.17) is 8.92 Å². The molecular formula is C19H19BrO4S. The van der Waals surface area contributed by atoms with Crippen molar-refractivity contribution in [3.05, 3.63) is 75.8 Å². The van der Waals surface area contributed by atoms with E-state index in [1.807, 2.05) is 60.7 Å². The zero-order valence-electron chi connectivity index (χ0n) is 13.8. The molecule has 1 heterocycles. The average Bonchev–Trinajstić information content (AvgIpc) is 2.57. The zero-order chi connectivity index (χ0) is 17.9. The minimum absolute atomic E-state index is 0.204. The van der Waals surface area contributed by atoms with Gasteiger partial charge in [-0.3, -0.25) is 4.18 Å². The van der Waals surface area contributed by atoms with Gasteiger partial charge in [0, 0.05) is 10.9 Å². The van der Waals surface area contributed by atoms with Crippen LogP contribution in [-0.4, -0.2) is 27.4 Å². The number of rotatable bonds is 4. The summed E-state index contributed by atoms with van der Waals surface area (Å²) in [6, 6.07) is 17.9. The minimum Gasteiger partial charge on any atom is -0.366 e. The Bertz CT molecular complexity index is 845. The van der Waals surface area contributed by atoms with Crippen molar-refractivity contribution in [3.8, 4) is 0 Å². The maximum absolute atomic E-state index is 11.5. The molecule has 1 saturated heterocycles. The van der Waals surface area contributed by atoms with Crippen LogP contribution in [0.2, 0.25) is 0 Å². The SMILES string of the molecule is CS(=O)(=O)O[C@H]1CO[C@@H](c2ccccc2)/C(=C\c2ccc(Br)cc2)C1. The van der Waals surface area contributed by atoms with Crippen molar-refractivity contribution in [2.24, 2.45) is 0 Å². The molecule has 0 aliphatic carbocycles. The fraction of sp³-hybridized carbons (Fsp3) is 0.263. The first-order valence-corrected chi connectivity index (χ1v) is 10.5. The zero-order valence-corrected chi connectivity index (χ0v) is 16.2. The molecule has 4 nitrogen and oxygen atoms in total. The molecule has 0 N–H and O–H groups in total. The molecule has 0 saturated carbocycles. The molecule has 1 aliphatic heterocycles. The van der Waals surface area contributed by atoms with Crippen LogP contribution in [0, 0.1) is 0 Å². The summed E-state index contributed by atoms with van der Waals surface area (Å²) in [6.45, 7) is 0.240. The van der Waals surface area contributed by atoms with Gasteiger partial charge in [0.25, 0.3) is 10.1 Å². The van der Waals surface area contributed by atoms with Crippen LogP contribution >= 0.6 is 15.9 Å². The third-order valence-corrected chi connectivity index (χ3v) is 5.03. The standard InChI is InChI=1S/C19H19BrO4S/c1-25(21,22)24-18-12-16(11-14-7-9-17(20)10-8-14)19(23-13-18)15-5-3-2-4-6-15/h2-11,18-19H,12-13H2,1H3/b16-11-/t18-,19+/m1/s1. The lowest BCUT2D eigenvalue weighted by atomic mass is 9.92. The van der Waals surface area contributed by atoms with E-state index in [0.29, 0.717) is 6.42 Å². The van der Waals surface area contributed by atoms with Crippen LogP contribution in [-0.2, 0) is 19.0 Å². The molecule has 2 atom stereocenters. The lowest BCUT2D eigenvalue weighted by Gasteiger charge is -2.31. The van der Waals surface area contributed by atoms with Gasteiger partial charge in [-0.05, 0) is 28.8 Å². The second kappa shape index (κ2) is 7.83. The second-order valence-corrected chi connectivity index (χ2v) is 8.54. The molecule has 132 valence electrons. The van der Waals surface area contributed by atoms with Gasteiger partial charge in [0.05, 0.1) is 12.9 Å². The first-order chi connectivity index (χ1) is 11.9. The largest absolute Gasteiger partial charge is 0.366 e. The summed E-state index contributed by atoms with van der Waals surface area (Å²) in [5.74, 6) is 0. The Labute approximate surface area is 156 Å². The second-order valence-electron chi connectivity index (χ2n) is 6.02. The molecular weight excluding hydrogens is 404 g/mol. The molecule has 0 aromatic heterocycles. The molecule has 1 aliphatic rings. The molecule has 2 aromatic carbocycles. The van der Waals surface area contributed by atoms with Crippen molar-refractivity contribution in [2.45, 2.75) is 18.6 Å². The van der Waals surface area contributed by atoms with Gasteiger partial charge < -0.3 is 4.74 Å². The summed E-state index contributed by atoms with van der Waals surface area (Å²) in [5.41, 5.74) is 3.07. The van der Waals surface area contributed by atoms with Gasteiger partial charge in [-0.2, -0.15) is 8.42 Å². The maximum atomic E-state index is 11.5. The molecule has 6 heteroatoms. The van der Waals surface area contributed by atoms with Crippen molar-refractivity contribution in [3.63, 3.8) is 0 Å². The van der Waals surface area contributed by atoms with Crippen molar-refractivity contribution in [1.82, 2.24) is 0 Å². The lowest BCUT2D eigenvalue weighted by molar-refractivity contribution is -0.0116. The van der Waals surface area contributed by atoms with Gasteiger partial charge in [-0.1, -0.05) is 64.5 Å². The van der Waals surface area contributed by atoms with Gasteiger partial charge in [0.1, 0.15) is 12.2 Å². The van der Waals surface area contributed by atoms with Crippen LogP contribution < -0.4 is 0 Å². The quantitative estimate of drug-likeness (QED) is 0.687. The molecule has 3 rings (SSSR count). The van der Waals surface area contributed by atoms with E-state index >= 15 is 0 Å². The Morgan fingerprint density at radius 1 is 1.12 bits per heavy atom. The number of ether oxygens (including phenoxy) is 1. The lowest BCUT2D eigenvalue weighted by Crippen LogP contribution is -2.31. The van der Waals surface area contributed by atoms with Gasteiger partial charge in [0.2, 0.25) is 0 Å². The van der Waals surface area contributed by atoms with E-state index in [0.717, 1.165) is 27.4 Å². The molecule has 0 spiro atoms. The highest BCUT2D eigenvalue weighted by molar-refractivity contribution is 9.10. The number of benzene rings is 2. The summed E-state index contributed by atoms with van der Waals surface area (Å²) in [7, 11) is -3.52. The van der Waals surface area contributed by atoms with Crippen LogP contribution in [0.25, 0.3) is 6.08 Å². The third kappa shape index (κ3) is 5.25. The van der Waals surface area contributed by atoms with Crippen molar-refractivity contribution >= 4 is 32.1 Å². The van der Waals surface area contributed by atoms with Crippen molar-refractivity contribution in [2.75, 3.05) is 12.9 Å². The van der Waals surface area contributed by atoms with Crippen LogP contribution in [0.3, 0.4) is 0 Å². The van der Waals surface area contributed by atoms with Gasteiger partial charge in [-0.25, -0.2) is 0 Å². The molecule has 0 amide bonds. The number of halogens is 1. The summed E-state index contributed by atoms with van der Waals surface area (Å²) in [6.07, 6.45) is 2.90. The summed E-state index contributed by atoms with van der Waals surface area (Å²) >= 11 is 3.43. The predicted molar refractivity (Wildman–Crippen MR) is 102 cm³/mol. The normalized spacial score (nSPS) is 22.9. The van der Waals surface area contributed by atoms with E-state index in [2.05, 4.69) is 15.9 Å². The van der Waals surface area contributed by atoms with Crippen LogP contribution in [0.5, 0.6) is 0 Å². The van der Waals surface area contributed by atoms with Crippen LogP contribution in [0.4, 0.5) is 0 Å². The Morgan fingerprint density at radius 2 is 1.80 bits per heavy atom. The molecule has 0 unspecified atom stereocenters.